The summed E-state index contributed by atoms with van der Waals surface area (Å²) in [7, 11) is 0. The van der Waals surface area contributed by atoms with E-state index in [1.165, 1.54) is 21.9 Å². The van der Waals surface area contributed by atoms with E-state index in [9.17, 15) is 0 Å². The molecule has 0 spiro atoms. The minimum Gasteiger partial charge on any atom is -0.377 e. The van der Waals surface area contributed by atoms with Crippen molar-refractivity contribution in [1.82, 2.24) is 0 Å². The second kappa shape index (κ2) is 4.43. The average Bonchev–Trinajstić information content (AvgIpc) is 2.87. The second-order valence-electron chi connectivity index (χ2n) is 4.04. The van der Waals surface area contributed by atoms with Crippen LogP contribution in [0.15, 0.2) is 32.5 Å². The molecule has 0 amide bonds. The maximum Gasteiger partial charge on any atom is 0.0653 e. The minimum atomic E-state index is 0.493. The Morgan fingerprint density at radius 1 is 1.31 bits per heavy atom. The van der Waals surface area contributed by atoms with Crippen LogP contribution < -0.4 is 5.32 Å². The summed E-state index contributed by atoms with van der Waals surface area (Å²) in [5, 5.41) is 10.9. The van der Waals surface area contributed by atoms with Gasteiger partial charge in [0.05, 0.1) is 10.3 Å². The van der Waals surface area contributed by atoms with Crippen LogP contribution in [0.3, 0.4) is 0 Å². The van der Waals surface area contributed by atoms with Crippen molar-refractivity contribution < 1.29 is 0 Å². The highest BCUT2D eigenvalue weighted by molar-refractivity contribution is 8.01. The number of nitrogens with one attached hydrogen (secondary N) is 1. The highest BCUT2D eigenvalue weighted by Gasteiger charge is 2.26. The van der Waals surface area contributed by atoms with Gasteiger partial charge in [-0.3, -0.25) is 0 Å². The standard InChI is InChI=1S/C12H13NS3/c1-8-6-11(13-9-2-4-14-7-9)10-3-5-15-12(10)16-8/h2-5,7-8,11,13H,6H2,1H3/t8-,11?/m0/s1. The van der Waals surface area contributed by atoms with Gasteiger partial charge in [-0.15, -0.1) is 23.1 Å². The third kappa shape index (κ3) is 2.01. The summed E-state index contributed by atoms with van der Waals surface area (Å²) in [5.74, 6) is 0. The Morgan fingerprint density at radius 3 is 3.06 bits per heavy atom. The van der Waals surface area contributed by atoms with E-state index >= 15 is 0 Å². The monoisotopic (exact) mass is 267 g/mol. The predicted octanol–water partition coefficient (Wildman–Crippen LogP) is 4.85. The molecule has 0 aliphatic carbocycles. The van der Waals surface area contributed by atoms with Crippen LogP contribution in [0.1, 0.15) is 24.9 Å². The number of hydrogen-bond donors (Lipinski definition) is 1. The Kier molecular flexibility index (Phi) is 2.96. The minimum absolute atomic E-state index is 0.493. The Morgan fingerprint density at radius 2 is 2.25 bits per heavy atom. The van der Waals surface area contributed by atoms with E-state index in [0.717, 1.165) is 0 Å². The molecule has 1 N–H and O–H groups in total. The largest absolute Gasteiger partial charge is 0.377 e. The molecule has 0 saturated heterocycles. The second-order valence-corrected chi connectivity index (χ2v) is 7.44. The van der Waals surface area contributed by atoms with E-state index in [4.69, 9.17) is 0 Å². The van der Waals surface area contributed by atoms with Gasteiger partial charge in [-0.2, -0.15) is 11.3 Å². The van der Waals surface area contributed by atoms with Gasteiger partial charge in [-0.05, 0) is 34.9 Å². The molecule has 0 fully saturated rings. The van der Waals surface area contributed by atoms with Crippen molar-refractivity contribution in [2.24, 2.45) is 0 Å². The first-order valence-electron chi connectivity index (χ1n) is 5.35. The van der Waals surface area contributed by atoms with E-state index < -0.39 is 0 Å². The highest BCUT2D eigenvalue weighted by atomic mass is 32.2. The van der Waals surface area contributed by atoms with E-state index in [-0.39, 0.29) is 0 Å². The number of thioether (sulfide) groups is 1. The first-order valence-corrected chi connectivity index (χ1v) is 8.06. The number of thiophene rings is 2. The molecule has 1 aliphatic heterocycles. The average molecular weight is 267 g/mol. The van der Waals surface area contributed by atoms with Crippen LogP contribution in [0.4, 0.5) is 5.69 Å². The molecule has 1 aliphatic rings. The Balaban J connectivity index is 1.86. The molecule has 2 aromatic rings. The molecular formula is C12H13NS3. The SMILES string of the molecule is C[C@H]1CC(Nc2ccsc2)c2ccsc2S1. The fourth-order valence-electron chi connectivity index (χ4n) is 2.03. The Labute approximate surface area is 108 Å². The summed E-state index contributed by atoms with van der Waals surface area (Å²) in [4.78, 5) is 0. The third-order valence-electron chi connectivity index (χ3n) is 2.77. The first-order chi connectivity index (χ1) is 7.83. The number of hydrogen-bond acceptors (Lipinski definition) is 4. The Hall–Kier alpha value is -0.450. The molecule has 16 heavy (non-hydrogen) atoms. The summed E-state index contributed by atoms with van der Waals surface area (Å²) >= 11 is 5.63. The molecular weight excluding hydrogens is 254 g/mol. The third-order valence-corrected chi connectivity index (χ3v) is 5.80. The molecule has 0 bridgehead atoms. The van der Waals surface area contributed by atoms with Gasteiger partial charge in [0.1, 0.15) is 0 Å². The summed E-state index contributed by atoms with van der Waals surface area (Å²) < 4.78 is 1.49. The molecule has 3 heterocycles. The topological polar surface area (TPSA) is 12.0 Å². The van der Waals surface area contributed by atoms with E-state index in [0.29, 0.717) is 11.3 Å². The molecule has 4 heteroatoms. The van der Waals surface area contributed by atoms with Gasteiger partial charge in [0.15, 0.2) is 0 Å². The van der Waals surface area contributed by atoms with Gasteiger partial charge in [-0.25, -0.2) is 0 Å². The molecule has 0 aromatic carbocycles. The first kappa shape index (κ1) is 10.7. The van der Waals surface area contributed by atoms with Crippen molar-refractivity contribution >= 4 is 40.1 Å². The smallest absolute Gasteiger partial charge is 0.0653 e. The van der Waals surface area contributed by atoms with Crippen molar-refractivity contribution in [3.8, 4) is 0 Å². The van der Waals surface area contributed by atoms with Gasteiger partial charge >= 0.3 is 0 Å². The van der Waals surface area contributed by atoms with Gasteiger partial charge in [-0.1, -0.05) is 6.92 Å². The lowest BCUT2D eigenvalue weighted by atomic mass is 10.0. The lowest BCUT2D eigenvalue weighted by Crippen LogP contribution is -2.18. The van der Waals surface area contributed by atoms with Gasteiger partial charge in [0.2, 0.25) is 0 Å². The zero-order valence-electron chi connectivity index (χ0n) is 8.97. The molecule has 1 nitrogen and oxygen atoms in total. The van der Waals surface area contributed by atoms with Crippen molar-refractivity contribution in [2.45, 2.75) is 28.8 Å². The van der Waals surface area contributed by atoms with Crippen LogP contribution in [0, 0.1) is 0 Å². The Bertz CT molecular complexity index is 460. The van der Waals surface area contributed by atoms with Crippen molar-refractivity contribution in [3.63, 3.8) is 0 Å². The molecule has 2 atom stereocenters. The molecule has 3 rings (SSSR count). The fourth-order valence-corrected chi connectivity index (χ4v) is 5.20. The summed E-state index contributed by atoms with van der Waals surface area (Å²) in [6.45, 7) is 2.32. The quantitative estimate of drug-likeness (QED) is 0.835. The molecule has 2 aromatic heterocycles. The zero-order valence-corrected chi connectivity index (χ0v) is 11.4. The van der Waals surface area contributed by atoms with Crippen LogP contribution >= 0.6 is 34.4 Å². The number of rotatable bonds is 2. The van der Waals surface area contributed by atoms with E-state index in [1.54, 1.807) is 11.3 Å². The van der Waals surface area contributed by atoms with Gasteiger partial charge in [0.25, 0.3) is 0 Å². The maximum atomic E-state index is 3.64. The summed E-state index contributed by atoms with van der Waals surface area (Å²) in [6.07, 6.45) is 1.21. The molecule has 0 radical (unpaired) electrons. The van der Waals surface area contributed by atoms with Gasteiger partial charge < -0.3 is 5.32 Å². The van der Waals surface area contributed by atoms with E-state index in [1.807, 2.05) is 23.1 Å². The van der Waals surface area contributed by atoms with Gasteiger partial charge in [0, 0.05) is 16.3 Å². The van der Waals surface area contributed by atoms with Crippen molar-refractivity contribution in [1.29, 1.82) is 0 Å². The van der Waals surface area contributed by atoms with Crippen LogP contribution in [-0.2, 0) is 0 Å². The van der Waals surface area contributed by atoms with Crippen LogP contribution in [0.25, 0.3) is 0 Å². The maximum absolute atomic E-state index is 3.64. The zero-order chi connectivity index (χ0) is 11.0. The van der Waals surface area contributed by atoms with Crippen LogP contribution in [0.5, 0.6) is 0 Å². The molecule has 1 unspecified atom stereocenters. The molecule has 84 valence electrons. The fraction of sp³-hybridized carbons (Fsp3) is 0.333. The normalized spacial score (nSPS) is 24.1. The summed E-state index contributed by atoms with van der Waals surface area (Å²) in [5.41, 5.74) is 2.74. The summed E-state index contributed by atoms with van der Waals surface area (Å²) in [6, 6.07) is 4.92. The highest BCUT2D eigenvalue weighted by Crippen LogP contribution is 2.44. The lowest BCUT2D eigenvalue weighted by molar-refractivity contribution is 0.670. The van der Waals surface area contributed by atoms with E-state index in [2.05, 4.69) is 40.5 Å². The molecule has 0 saturated carbocycles. The predicted molar refractivity (Wildman–Crippen MR) is 74.9 cm³/mol. The number of fused-ring (bicyclic) bond motifs is 1. The van der Waals surface area contributed by atoms with Crippen molar-refractivity contribution in [3.05, 3.63) is 33.8 Å². The van der Waals surface area contributed by atoms with Crippen LogP contribution in [0.2, 0.25) is 0 Å². The lowest BCUT2D eigenvalue weighted by Gasteiger charge is -2.27. The van der Waals surface area contributed by atoms with Crippen LogP contribution in [-0.4, -0.2) is 5.25 Å². The van der Waals surface area contributed by atoms with Crippen molar-refractivity contribution in [2.75, 3.05) is 5.32 Å². The number of anilines is 1.